The molecule has 0 amide bonds. The standard InChI is InChI=1S/2C6H14O/c1-4-5(2)6(3)7;1-3-6(2)4-5-7/h5-7H,4H2,1-3H3;6-7H,3-5H2,1-2H3. The summed E-state index contributed by atoms with van der Waals surface area (Å²) in [6.45, 7) is 10.6. The van der Waals surface area contributed by atoms with E-state index in [-0.39, 0.29) is 6.10 Å². The topological polar surface area (TPSA) is 40.5 Å². The lowest BCUT2D eigenvalue weighted by Crippen LogP contribution is -2.10. The van der Waals surface area contributed by atoms with Crippen molar-refractivity contribution >= 4 is 0 Å². The summed E-state index contributed by atoms with van der Waals surface area (Å²) in [5.74, 6) is 1.16. The van der Waals surface area contributed by atoms with Crippen molar-refractivity contribution in [1.82, 2.24) is 0 Å². The molecule has 0 aromatic heterocycles. The average Bonchev–Trinajstić information content (AvgIpc) is 2.17. The SMILES string of the molecule is CCC(C)C(C)O.CCC(C)CCO. The van der Waals surface area contributed by atoms with E-state index in [9.17, 15) is 0 Å². The summed E-state index contributed by atoms with van der Waals surface area (Å²) in [6.07, 6.45) is 3.07. The highest BCUT2D eigenvalue weighted by Gasteiger charge is 2.03. The van der Waals surface area contributed by atoms with Crippen LogP contribution in [0, 0.1) is 11.8 Å². The van der Waals surface area contributed by atoms with Gasteiger partial charge in [0.05, 0.1) is 6.10 Å². The van der Waals surface area contributed by atoms with E-state index in [1.807, 2.05) is 13.8 Å². The molecule has 2 nitrogen and oxygen atoms in total. The van der Waals surface area contributed by atoms with Crippen LogP contribution in [-0.4, -0.2) is 22.9 Å². The summed E-state index contributed by atoms with van der Waals surface area (Å²) in [5, 5.41) is 17.2. The zero-order valence-electron chi connectivity index (χ0n) is 10.5. The van der Waals surface area contributed by atoms with Crippen molar-refractivity contribution in [2.75, 3.05) is 6.61 Å². The molecule has 0 saturated carbocycles. The Balaban J connectivity index is 0. The molecule has 0 aliphatic heterocycles. The smallest absolute Gasteiger partial charge is 0.0537 e. The second-order valence-corrected chi connectivity index (χ2v) is 4.15. The third-order valence-corrected chi connectivity index (χ3v) is 2.79. The van der Waals surface area contributed by atoms with Crippen molar-refractivity contribution in [3.8, 4) is 0 Å². The van der Waals surface area contributed by atoms with E-state index in [4.69, 9.17) is 10.2 Å². The minimum atomic E-state index is -0.134. The first-order valence-electron chi connectivity index (χ1n) is 5.78. The molecule has 0 fully saturated rings. The van der Waals surface area contributed by atoms with Crippen LogP contribution in [0.4, 0.5) is 0 Å². The molecule has 0 saturated heterocycles. The summed E-state index contributed by atoms with van der Waals surface area (Å²) < 4.78 is 0. The second kappa shape index (κ2) is 11.0. The average molecular weight is 204 g/mol. The molecule has 0 heterocycles. The number of rotatable bonds is 5. The first-order chi connectivity index (χ1) is 6.49. The van der Waals surface area contributed by atoms with E-state index < -0.39 is 0 Å². The van der Waals surface area contributed by atoms with Gasteiger partial charge in [-0.15, -0.1) is 0 Å². The van der Waals surface area contributed by atoms with Crippen LogP contribution in [0.25, 0.3) is 0 Å². The lowest BCUT2D eigenvalue weighted by atomic mass is 10.0. The fourth-order valence-corrected chi connectivity index (χ4v) is 0.766. The lowest BCUT2D eigenvalue weighted by molar-refractivity contribution is 0.133. The highest BCUT2D eigenvalue weighted by molar-refractivity contribution is 4.54. The maximum atomic E-state index is 8.82. The van der Waals surface area contributed by atoms with Gasteiger partial charge >= 0.3 is 0 Å². The van der Waals surface area contributed by atoms with Crippen molar-refractivity contribution in [3.05, 3.63) is 0 Å². The van der Waals surface area contributed by atoms with Gasteiger partial charge in [-0.05, 0) is 25.2 Å². The van der Waals surface area contributed by atoms with Crippen LogP contribution in [0.2, 0.25) is 0 Å². The normalized spacial score (nSPS) is 16.5. The molecular weight excluding hydrogens is 176 g/mol. The van der Waals surface area contributed by atoms with Crippen LogP contribution in [0.5, 0.6) is 0 Å². The molecule has 0 aliphatic rings. The number of aliphatic hydroxyl groups excluding tert-OH is 2. The lowest BCUT2D eigenvalue weighted by Gasteiger charge is -2.09. The Morgan fingerprint density at radius 3 is 1.57 bits per heavy atom. The third kappa shape index (κ3) is 11.9. The molecule has 88 valence electrons. The Morgan fingerprint density at radius 1 is 1.00 bits per heavy atom. The van der Waals surface area contributed by atoms with Gasteiger partial charge in [-0.1, -0.05) is 40.5 Å². The van der Waals surface area contributed by atoms with Crippen molar-refractivity contribution in [3.63, 3.8) is 0 Å². The van der Waals surface area contributed by atoms with Gasteiger partial charge in [-0.3, -0.25) is 0 Å². The van der Waals surface area contributed by atoms with E-state index in [1.54, 1.807) is 0 Å². The van der Waals surface area contributed by atoms with Gasteiger partial charge in [0.25, 0.3) is 0 Å². The first-order valence-corrected chi connectivity index (χ1v) is 5.78. The molecular formula is C12H28O2. The second-order valence-electron chi connectivity index (χ2n) is 4.15. The summed E-state index contributed by atoms with van der Waals surface area (Å²) in [5.41, 5.74) is 0. The quantitative estimate of drug-likeness (QED) is 0.723. The van der Waals surface area contributed by atoms with E-state index in [1.165, 1.54) is 6.42 Å². The fraction of sp³-hybridized carbons (Fsp3) is 1.00. The summed E-state index contributed by atoms with van der Waals surface area (Å²) in [7, 11) is 0. The highest BCUT2D eigenvalue weighted by Crippen LogP contribution is 2.04. The predicted molar refractivity (Wildman–Crippen MR) is 62.3 cm³/mol. The van der Waals surface area contributed by atoms with Crippen LogP contribution in [0.1, 0.15) is 53.9 Å². The summed E-state index contributed by atoms with van der Waals surface area (Å²) >= 11 is 0. The fourth-order valence-electron chi connectivity index (χ4n) is 0.766. The molecule has 0 bridgehead atoms. The Kier molecular flexibility index (Phi) is 12.8. The number of hydrogen-bond donors (Lipinski definition) is 2. The van der Waals surface area contributed by atoms with E-state index >= 15 is 0 Å². The zero-order chi connectivity index (χ0) is 11.6. The third-order valence-electron chi connectivity index (χ3n) is 2.79. The van der Waals surface area contributed by atoms with Gasteiger partial charge in [0.2, 0.25) is 0 Å². The van der Waals surface area contributed by atoms with Gasteiger partial charge < -0.3 is 10.2 Å². The predicted octanol–water partition coefficient (Wildman–Crippen LogP) is 2.83. The van der Waals surface area contributed by atoms with Crippen molar-refractivity contribution in [2.45, 2.75) is 60.0 Å². The molecule has 3 atom stereocenters. The van der Waals surface area contributed by atoms with Crippen LogP contribution >= 0.6 is 0 Å². The Bertz CT molecular complexity index is 102. The maximum Gasteiger partial charge on any atom is 0.0537 e. The van der Waals surface area contributed by atoms with Crippen LogP contribution in [0.3, 0.4) is 0 Å². The molecule has 14 heavy (non-hydrogen) atoms. The summed E-state index contributed by atoms with van der Waals surface area (Å²) in [4.78, 5) is 0. The number of aliphatic hydroxyl groups is 2. The molecule has 0 rings (SSSR count). The van der Waals surface area contributed by atoms with Gasteiger partial charge in [-0.25, -0.2) is 0 Å². The Hall–Kier alpha value is -0.0800. The van der Waals surface area contributed by atoms with Gasteiger partial charge in [0, 0.05) is 6.61 Å². The Morgan fingerprint density at radius 2 is 1.50 bits per heavy atom. The molecule has 0 aromatic carbocycles. The van der Waals surface area contributed by atoms with Gasteiger partial charge in [-0.2, -0.15) is 0 Å². The minimum absolute atomic E-state index is 0.134. The molecule has 0 spiro atoms. The van der Waals surface area contributed by atoms with E-state index in [2.05, 4.69) is 20.8 Å². The van der Waals surface area contributed by atoms with Crippen LogP contribution in [-0.2, 0) is 0 Å². The largest absolute Gasteiger partial charge is 0.396 e. The van der Waals surface area contributed by atoms with Crippen LogP contribution < -0.4 is 0 Å². The van der Waals surface area contributed by atoms with Gasteiger partial charge in [0.15, 0.2) is 0 Å². The van der Waals surface area contributed by atoms with Crippen molar-refractivity contribution in [1.29, 1.82) is 0 Å². The summed E-state index contributed by atoms with van der Waals surface area (Å²) in [6, 6.07) is 0. The molecule has 0 aromatic rings. The first kappa shape index (κ1) is 16.4. The Labute approximate surface area is 89.3 Å². The highest BCUT2D eigenvalue weighted by atomic mass is 16.3. The molecule has 3 unspecified atom stereocenters. The zero-order valence-corrected chi connectivity index (χ0v) is 10.5. The molecule has 0 aliphatic carbocycles. The number of hydrogen-bond acceptors (Lipinski definition) is 2. The molecule has 2 heteroatoms. The monoisotopic (exact) mass is 204 g/mol. The van der Waals surface area contributed by atoms with Crippen molar-refractivity contribution < 1.29 is 10.2 Å². The maximum absolute atomic E-state index is 8.82. The molecule has 0 radical (unpaired) electrons. The van der Waals surface area contributed by atoms with E-state index in [0.717, 1.165) is 12.8 Å². The van der Waals surface area contributed by atoms with Crippen LogP contribution in [0.15, 0.2) is 0 Å². The minimum Gasteiger partial charge on any atom is -0.396 e. The van der Waals surface area contributed by atoms with E-state index in [0.29, 0.717) is 18.4 Å². The van der Waals surface area contributed by atoms with Gasteiger partial charge in [0.1, 0.15) is 0 Å². The molecule has 2 N–H and O–H groups in total. The van der Waals surface area contributed by atoms with Crippen molar-refractivity contribution in [2.24, 2.45) is 11.8 Å².